The maximum Gasteiger partial charge on any atom is 0.255 e. The number of rotatable bonds is 4. The van der Waals surface area contributed by atoms with Gasteiger partial charge >= 0.3 is 0 Å². The van der Waals surface area contributed by atoms with Crippen LogP contribution in [0.25, 0.3) is 0 Å². The molecule has 1 unspecified atom stereocenters. The van der Waals surface area contributed by atoms with Gasteiger partial charge in [-0.05, 0) is 30.5 Å². The Labute approximate surface area is 135 Å². The third kappa shape index (κ3) is 2.76. The van der Waals surface area contributed by atoms with Gasteiger partial charge in [-0.1, -0.05) is 28.1 Å². The average Bonchev–Trinajstić information content (AvgIpc) is 3.06. The Hall–Kier alpha value is -2.15. The quantitative estimate of drug-likeness (QED) is 0.864. The summed E-state index contributed by atoms with van der Waals surface area (Å²) in [6.45, 7) is 0.827. The van der Waals surface area contributed by atoms with Crippen LogP contribution in [0.5, 0.6) is 0 Å². The summed E-state index contributed by atoms with van der Waals surface area (Å²) in [5, 5.41) is 6.89. The molecule has 3 rings (SSSR count). The number of halogens is 1. The van der Waals surface area contributed by atoms with Crippen molar-refractivity contribution in [3.8, 4) is 0 Å². The number of aromatic nitrogens is 2. The molecule has 114 valence electrons. The molecule has 0 bridgehead atoms. The lowest BCUT2D eigenvalue weighted by atomic mass is 10.1. The number of carbonyl (C=O) groups is 2. The van der Waals surface area contributed by atoms with E-state index >= 15 is 0 Å². The molecule has 1 aromatic heterocycles. The van der Waals surface area contributed by atoms with Gasteiger partial charge < -0.3 is 11.1 Å². The van der Waals surface area contributed by atoms with Crippen molar-refractivity contribution in [2.24, 2.45) is 5.73 Å². The number of aryl methyl sites for hydroxylation is 1. The van der Waals surface area contributed by atoms with E-state index in [0.29, 0.717) is 11.1 Å². The number of hydrogen-bond donors (Lipinski definition) is 2. The molecule has 1 aliphatic rings. The second-order valence-electron chi connectivity index (χ2n) is 5.20. The predicted octanol–water partition coefficient (Wildman–Crippen LogP) is 1.55. The van der Waals surface area contributed by atoms with Crippen LogP contribution in [-0.2, 0) is 17.8 Å². The molecule has 2 amide bonds. The third-order valence-corrected chi connectivity index (χ3v) is 4.21. The van der Waals surface area contributed by atoms with E-state index in [1.54, 1.807) is 24.4 Å². The molecule has 6 nitrogen and oxygen atoms in total. The van der Waals surface area contributed by atoms with Crippen LogP contribution in [-0.4, -0.2) is 21.6 Å². The summed E-state index contributed by atoms with van der Waals surface area (Å²) in [6, 6.07) is 6.27. The van der Waals surface area contributed by atoms with E-state index in [0.717, 1.165) is 29.6 Å². The molecule has 22 heavy (non-hydrogen) atoms. The Kier molecular flexibility index (Phi) is 3.98. The molecule has 0 saturated heterocycles. The average molecular weight is 363 g/mol. The molecular formula is C15H15BrN4O2. The van der Waals surface area contributed by atoms with Crippen LogP contribution in [0, 0.1) is 0 Å². The minimum atomic E-state index is -0.873. The summed E-state index contributed by atoms with van der Waals surface area (Å²) >= 11 is 3.35. The summed E-state index contributed by atoms with van der Waals surface area (Å²) in [6.07, 6.45) is 3.35. The largest absolute Gasteiger partial charge is 0.368 e. The first-order valence-electron chi connectivity index (χ1n) is 6.96. The molecule has 1 atom stereocenters. The maximum atomic E-state index is 12.5. The zero-order valence-electron chi connectivity index (χ0n) is 11.8. The van der Waals surface area contributed by atoms with Crippen molar-refractivity contribution in [3.05, 3.63) is 51.8 Å². The zero-order chi connectivity index (χ0) is 15.7. The number of amides is 2. The van der Waals surface area contributed by atoms with Gasteiger partial charge in [0.05, 0.1) is 17.5 Å². The molecule has 0 fully saturated rings. The topological polar surface area (TPSA) is 90.0 Å². The van der Waals surface area contributed by atoms with Gasteiger partial charge in [0.15, 0.2) is 0 Å². The second-order valence-corrected chi connectivity index (χ2v) is 6.11. The van der Waals surface area contributed by atoms with Crippen LogP contribution >= 0.6 is 15.9 Å². The lowest BCUT2D eigenvalue weighted by molar-refractivity contribution is -0.120. The highest BCUT2D eigenvalue weighted by molar-refractivity contribution is 9.10. The van der Waals surface area contributed by atoms with Crippen molar-refractivity contribution < 1.29 is 9.59 Å². The SMILES string of the molecule is NC(=O)C(NC(=O)c1cnn2c1CCC2)c1cccc(Br)c1. The number of carbonyl (C=O) groups excluding carboxylic acids is 2. The molecule has 0 spiro atoms. The fourth-order valence-electron chi connectivity index (χ4n) is 2.67. The highest BCUT2D eigenvalue weighted by Gasteiger charge is 2.25. The number of benzene rings is 1. The van der Waals surface area contributed by atoms with Gasteiger partial charge in [0.25, 0.3) is 5.91 Å². The van der Waals surface area contributed by atoms with Crippen LogP contribution in [0.2, 0.25) is 0 Å². The summed E-state index contributed by atoms with van der Waals surface area (Å²) in [5.41, 5.74) is 7.51. The van der Waals surface area contributed by atoms with E-state index in [9.17, 15) is 9.59 Å². The smallest absolute Gasteiger partial charge is 0.255 e. The Balaban J connectivity index is 1.85. The fraction of sp³-hybridized carbons (Fsp3) is 0.267. The van der Waals surface area contributed by atoms with Gasteiger partial charge in [0.2, 0.25) is 5.91 Å². The minimum absolute atomic E-state index is 0.327. The highest BCUT2D eigenvalue weighted by Crippen LogP contribution is 2.21. The monoisotopic (exact) mass is 362 g/mol. The number of primary amides is 1. The second kappa shape index (κ2) is 5.92. The molecule has 0 aliphatic carbocycles. The van der Waals surface area contributed by atoms with Crippen molar-refractivity contribution in [2.75, 3.05) is 0 Å². The van der Waals surface area contributed by atoms with Crippen molar-refractivity contribution in [3.63, 3.8) is 0 Å². The Morgan fingerprint density at radius 3 is 2.95 bits per heavy atom. The van der Waals surface area contributed by atoms with Crippen molar-refractivity contribution in [2.45, 2.75) is 25.4 Å². The normalized spacial score (nSPS) is 14.4. The predicted molar refractivity (Wildman–Crippen MR) is 84.1 cm³/mol. The third-order valence-electron chi connectivity index (χ3n) is 3.72. The molecule has 1 aliphatic heterocycles. The van der Waals surface area contributed by atoms with E-state index in [1.807, 2.05) is 10.7 Å². The van der Waals surface area contributed by atoms with Crippen molar-refractivity contribution in [1.29, 1.82) is 0 Å². The van der Waals surface area contributed by atoms with Crippen LogP contribution in [0.1, 0.15) is 34.1 Å². The Morgan fingerprint density at radius 1 is 1.41 bits per heavy atom. The van der Waals surface area contributed by atoms with Crippen LogP contribution in [0.3, 0.4) is 0 Å². The molecule has 0 radical (unpaired) electrons. The van der Waals surface area contributed by atoms with Gasteiger partial charge in [0, 0.05) is 11.0 Å². The summed E-state index contributed by atoms with van der Waals surface area (Å²) in [4.78, 5) is 24.2. The summed E-state index contributed by atoms with van der Waals surface area (Å²) in [7, 11) is 0. The van der Waals surface area contributed by atoms with Gasteiger partial charge in [-0.3, -0.25) is 14.3 Å². The Morgan fingerprint density at radius 2 is 2.23 bits per heavy atom. The first-order valence-corrected chi connectivity index (χ1v) is 7.76. The molecule has 1 aromatic carbocycles. The van der Waals surface area contributed by atoms with Gasteiger partial charge in [-0.2, -0.15) is 5.10 Å². The van der Waals surface area contributed by atoms with Crippen LogP contribution in [0.15, 0.2) is 34.9 Å². The van der Waals surface area contributed by atoms with E-state index in [1.165, 1.54) is 0 Å². The van der Waals surface area contributed by atoms with Gasteiger partial charge in [-0.25, -0.2) is 0 Å². The molecule has 3 N–H and O–H groups in total. The molecule has 2 aromatic rings. The zero-order valence-corrected chi connectivity index (χ0v) is 13.3. The number of hydrogen-bond acceptors (Lipinski definition) is 3. The molecular weight excluding hydrogens is 348 g/mol. The van der Waals surface area contributed by atoms with Crippen molar-refractivity contribution in [1.82, 2.24) is 15.1 Å². The van der Waals surface area contributed by atoms with E-state index in [4.69, 9.17) is 5.73 Å². The molecule has 0 saturated carbocycles. The van der Waals surface area contributed by atoms with E-state index in [-0.39, 0.29) is 5.91 Å². The Bertz CT molecular complexity index is 741. The van der Waals surface area contributed by atoms with Gasteiger partial charge in [0.1, 0.15) is 6.04 Å². The fourth-order valence-corrected chi connectivity index (χ4v) is 3.08. The molecule has 7 heteroatoms. The maximum absolute atomic E-state index is 12.5. The van der Waals surface area contributed by atoms with Crippen molar-refractivity contribution >= 4 is 27.7 Å². The number of fused-ring (bicyclic) bond motifs is 1. The van der Waals surface area contributed by atoms with Crippen LogP contribution < -0.4 is 11.1 Å². The van der Waals surface area contributed by atoms with E-state index in [2.05, 4.69) is 26.3 Å². The van der Waals surface area contributed by atoms with E-state index < -0.39 is 11.9 Å². The number of nitrogens with zero attached hydrogens (tertiary/aromatic N) is 2. The minimum Gasteiger partial charge on any atom is -0.368 e. The first kappa shape index (κ1) is 14.8. The lowest BCUT2D eigenvalue weighted by Gasteiger charge is -2.16. The first-order chi connectivity index (χ1) is 10.6. The van der Waals surface area contributed by atoms with Crippen LogP contribution in [0.4, 0.5) is 0 Å². The lowest BCUT2D eigenvalue weighted by Crippen LogP contribution is -2.37. The number of nitrogens with two attached hydrogens (primary N) is 1. The van der Waals surface area contributed by atoms with Gasteiger partial charge in [-0.15, -0.1) is 0 Å². The number of nitrogens with one attached hydrogen (secondary N) is 1. The summed E-state index contributed by atoms with van der Waals surface area (Å²) < 4.78 is 2.64. The highest BCUT2D eigenvalue weighted by atomic mass is 79.9. The summed E-state index contributed by atoms with van der Waals surface area (Å²) in [5.74, 6) is -0.929. The standard InChI is InChI=1S/C15H15BrN4O2/c16-10-4-1-3-9(7-10)13(14(17)21)19-15(22)11-8-18-20-6-2-5-12(11)20/h1,3-4,7-8,13H,2,5-6H2,(H2,17,21)(H,19,22). The molecule has 2 heterocycles.